The van der Waals surface area contributed by atoms with Crippen molar-refractivity contribution in [3.8, 4) is 0 Å². The Bertz CT molecular complexity index is 251. The van der Waals surface area contributed by atoms with Gasteiger partial charge >= 0.3 is 0 Å². The second-order valence-corrected chi connectivity index (χ2v) is 2.43. The molecule has 0 radical (unpaired) electrons. The Morgan fingerprint density at radius 2 is 1.90 bits per heavy atom. The quantitative estimate of drug-likeness (QED) is 0.522. The van der Waals surface area contributed by atoms with Gasteiger partial charge in [0.25, 0.3) is 0 Å². The van der Waals surface area contributed by atoms with E-state index in [1.54, 1.807) is 0 Å². The van der Waals surface area contributed by atoms with E-state index >= 15 is 0 Å². The van der Waals surface area contributed by atoms with Crippen molar-refractivity contribution in [2.75, 3.05) is 0 Å². The molecule has 1 aromatic carbocycles. The number of aliphatic imine (C=N–C) groups is 1. The van der Waals surface area contributed by atoms with Crippen LogP contribution in [-0.4, -0.2) is 6.72 Å². The van der Waals surface area contributed by atoms with Crippen LogP contribution in [0.15, 0.2) is 23.2 Å². The monoisotopic (exact) mass is 133 g/mol. The van der Waals surface area contributed by atoms with Crippen LogP contribution in [0.1, 0.15) is 11.1 Å². The van der Waals surface area contributed by atoms with Gasteiger partial charge in [-0.2, -0.15) is 0 Å². The predicted octanol–water partition coefficient (Wildman–Crippen LogP) is 2.64. The third-order valence-electron chi connectivity index (χ3n) is 1.67. The van der Waals surface area contributed by atoms with E-state index < -0.39 is 0 Å². The maximum absolute atomic E-state index is 3.82. The fourth-order valence-electron chi connectivity index (χ4n) is 0.824. The molecule has 0 aliphatic carbocycles. The first-order valence-corrected chi connectivity index (χ1v) is 3.28. The summed E-state index contributed by atoms with van der Waals surface area (Å²) in [6, 6.07) is 6.05. The first-order chi connectivity index (χ1) is 4.74. The molecule has 0 saturated heterocycles. The predicted molar refractivity (Wildman–Crippen MR) is 45.1 cm³/mol. The molecular formula is C9H11N. The molecule has 0 atom stereocenters. The van der Waals surface area contributed by atoms with Gasteiger partial charge in [-0.05, 0) is 43.8 Å². The first-order valence-electron chi connectivity index (χ1n) is 3.28. The van der Waals surface area contributed by atoms with Crippen molar-refractivity contribution in [1.82, 2.24) is 0 Å². The summed E-state index contributed by atoms with van der Waals surface area (Å²) in [6.07, 6.45) is 0. The number of aryl methyl sites for hydroxylation is 2. The highest BCUT2D eigenvalue weighted by atomic mass is 14.7. The van der Waals surface area contributed by atoms with Gasteiger partial charge in [-0.1, -0.05) is 6.07 Å². The highest BCUT2D eigenvalue weighted by molar-refractivity contribution is 5.48. The lowest BCUT2D eigenvalue weighted by atomic mass is 10.1. The smallest absolute Gasteiger partial charge is 0.0625 e. The topological polar surface area (TPSA) is 12.4 Å². The van der Waals surface area contributed by atoms with E-state index in [4.69, 9.17) is 0 Å². The van der Waals surface area contributed by atoms with Crippen LogP contribution in [0, 0.1) is 13.8 Å². The molecule has 0 saturated carbocycles. The van der Waals surface area contributed by atoms with Gasteiger partial charge in [-0.3, -0.25) is 4.99 Å². The summed E-state index contributed by atoms with van der Waals surface area (Å²) in [5, 5.41) is 0. The second kappa shape index (κ2) is 2.65. The average molecular weight is 133 g/mol. The maximum atomic E-state index is 3.82. The molecule has 52 valence electrons. The molecule has 0 aliphatic heterocycles. The SMILES string of the molecule is C=Nc1ccc(C)c(C)c1. The maximum Gasteiger partial charge on any atom is 0.0625 e. The van der Waals surface area contributed by atoms with E-state index in [0.717, 1.165) is 5.69 Å². The minimum absolute atomic E-state index is 0.947. The molecule has 1 aromatic rings. The molecule has 0 spiro atoms. The third kappa shape index (κ3) is 1.24. The van der Waals surface area contributed by atoms with Gasteiger partial charge in [0.05, 0.1) is 5.69 Å². The van der Waals surface area contributed by atoms with E-state index in [9.17, 15) is 0 Å². The van der Waals surface area contributed by atoms with Gasteiger partial charge in [0.2, 0.25) is 0 Å². The Kier molecular flexibility index (Phi) is 1.86. The first kappa shape index (κ1) is 7.00. The molecule has 0 bridgehead atoms. The van der Waals surface area contributed by atoms with Crippen molar-refractivity contribution in [3.63, 3.8) is 0 Å². The van der Waals surface area contributed by atoms with Crippen molar-refractivity contribution in [2.24, 2.45) is 4.99 Å². The van der Waals surface area contributed by atoms with Crippen molar-refractivity contribution in [2.45, 2.75) is 13.8 Å². The molecule has 0 heterocycles. The van der Waals surface area contributed by atoms with Gasteiger partial charge in [-0.25, -0.2) is 0 Å². The van der Waals surface area contributed by atoms with Crippen molar-refractivity contribution in [3.05, 3.63) is 29.3 Å². The summed E-state index contributed by atoms with van der Waals surface area (Å²) in [7, 11) is 0. The van der Waals surface area contributed by atoms with Crippen LogP contribution in [0.3, 0.4) is 0 Å². The van der Waals surface area contributed by atoms with E-state index in [-0.39, 0.29) is 0 Å². The lowest BCUT2D eigenvalue weighted by Gasteiger charge is -1.98. The van der Waals surface area contributed by atoms with E-state index in [0.29, 0.717) is 0 Å². The summed E-state index contributed by atoms with van der Waals surface area (Å²) >= 11 is 0. The zero-order valence-electron chi connectivity index (χ0n) is 6.39. The Morgan fingerprint density at radius 1 is 1.20 bits per heavy atom. The standard InChI is InChI=1S/C9H11N/c1-7-4-5-9(10-3)6-8(7)2/h4-6H,3H2,1-2H3. The van der Waals surface area contributed by atoms with Gasteiger partial charge in [0, 0.05) is 0 Å². The molecule has 1 nitrogen and oxygen atoms in total. The van der Waals surface area contributed by atoms with E-state index in [1.165, 1.54) is 11.1 Å². The van der Waals surface area contributed by atoms with Gasteiger partial charge in [0.15, 0.2) is 0 Å². The Balaban J connectivity index is 3.16. The molecule has 0 unspecified atom stereocenters. The van der Waals surface area contributed by atoms with Crippen molar-refractivity contribution >= 4 is 12.4 Å². The lowest BCUT2D eigenvalue weighted by Crippen LogP contribution is -1.77. The number of hydrogen-bond donors (Lipinski definition) is 0. The molecule has 0 N–H and O–H groups in total. The summed E-state index contributed by atoms with van der Waals surface area (Å²) in [5.74, 6) is 0. The fourth-order valence-corrected chi connectivity index (χ4v) is 0.824. The molecule has 0 fully saturated rings. The van der Waals surface area contributed by atoms with Crippen LogP contribution >= 0.6 is 0 Å². The molecule has 0 aliphatic rings. The van der Waals surface area contributed by atoms with Crippen molar-refractivity contribution < 1.29 is 0 Å². The summed E-state index contributed by atoms with van der Waals surface area (Å²) in [4.78, 5) is 3.82. The molecular weight excluding hydrogens is 122 g/mol. The normalized spacial score (nSPS) is 9.40. The van der Waals surface area contributed by atoms with Crippen molar-refractivity contribution in [1.29, 1.82) is 0 Å². The third-order valence-corrected chi connectivity index (χ3v) is 1.67. The number of benzene rings is 1. The molecule has 10 heavy (non-hydrogen) atoms. The summed E-state index contributed by atoms with van der Waals surface area (Å²) < 4.78 is 0. The highest BCUT2D eigenvalue weighted by Gasteiger charge is 1.91. The Labute approximate surface area is 61.4 Å². The molecule has 0 amide bonds. The van der Waals surface area contributed by atoms with Crippen LogP contribution in [0.25, 0.3) is 0 Å². The zero-order chi connectivity index (χ0) is 7.56. The van der Waals surface area contributed by atoms with Gasteiger partial charge in [0.1, 0.15) is 0 Å². The van der Waals surface area contributed by atoms with E-state index in [1.807, 2.05) is 12.1 Å². The molecule has 1 heteroatoms. The van der Waals surface area contributed by atoms with Crippen LogP contribution in [0.2, 0.25) is 0 Å². The van der Waals surface area contributed by atoms with Crippen LogP contribution < -0.4 is 0 Å². The highest BCUT2D eigenvalue weighted by Crippen LogP contribution is 2.15. The molecule has 0 aromatic heterocycles. The summed E-state index contributed by atoms with van der Waals surface area (Å²) in [5.41, 5.74) is 3.51. The minimum atomic E-state index is 0.947. The largest absolute Gasteiger partial charge is 0.265 e. The molecule has 1 rings (SSSR count). The Hall–Kier alpha value is -1.11. The number of hydrogen-bond acceptors (Lipinski definition) is 1. The second-order valence-electron chi connectivity index (χ2n) is 2.43. The summed E-state index contributed by atoms with van der Waals surface area (Å²) in [6.45, 7) is 7.61. The average Bonchev–Trinajstić information content (AvgIpc) is 1.95. The minimum Gasteiger partial charge on any atom is -0.265 e. The fraction of sp³-hybridized carbons (Fsp3) is 0.222. The van der Waals surface area contributed by atoms with Crippen LogP contribution in [0.4, 0.5) is 5.69 Å². The number of nitrogens with zero attached hydrogens (tertiary/aromatic N) is 1. The van der Waals surface area contributed by atoms with Gasteiger partial charge in [-0.15, -0.1) is 0 Å². The zero-order valence-corrected chi connectivity index (χ0v) is 6.39. The number of rotatable bonds is 1. The van der Waals surface area contributed by atoms with Gasteiger partial charge < -0.3 is 0 Å². The lowest BCUT2D eigenvalue weighted by molar-refractivity contribution is 1.33. The van der Waals surface area contributed by atoms with Crippen LogP contribution in [-0.2, 0) is 0 Å². The Morgan fingerprint density at radius 3 is 2.40 bits per heavy atom. The van der Waals surface area contributed by atoms with Crippen LogP contribution in [0.5, 0.6) is 0 Å². The van der Waals surface area contributed by atoms with E-state index in [2.05, 4.69) is 31.6 Å².